The van der Waals surface area contributed by atoms with Crippen molar-refractivity contribution in [3.8, 4) is 6.07 Å². The summed E-state index contributed by atoms with van der Waals surface area (Å²) in [6, 6.07) is 27.4. The summed E-state index contributed by atoms with van der Waals surface area (Å²) in [6.07, 6.45) is 0.716. The Kier molecular flexibility index (Phi) is 5.98. The van der Waals surface area contributed by atoms with E-state index in [4.69, 9.17) is 16.6 Å². The zero-order chi connectivity index (χ0) is 25.5. The number of nitrogens with zero attached hydrogens (tertiary/aromatic N) is 5. The maximum atomic E-state index is 10.2. The number of anilines is 2. The molecule has 0 amide bonds. The third-order valence-electron chi connectivity index (χ3n) is 7.48. The number of aromatic nitrogens is 2. The summed E-state index contributed by atoms with van der Waals surface area (Å²) in [5, 5.41) is 10.9. The van der Waals surface area contributed by atoms with Crippen molar-refractivity contribution in [3.05, 3.63) is 106 Å². The molecule has 6 rings (SSSR count). The van der Waals surface area contributed by atoms with Gasteiger partial charge in [-0.05, 0) is 61.4 Å². The fourth-order valence-corrected chi connectivity index (χ4v) is 5.57. The van der Waals surface area contributed by atoms with E-state index in [0.717, 1.165) is 59.3 Å². The molecule has 0 radical (unpaired) electrons. The quantitative estimate of drug-likeness (QED) is 0.278. The lowest BCUT2D eigenvalue weighted by atomic mass is 9.97. The molecule has 0 N–H and O–H groups in total. The van der Waals surface area contributed by atoms with Gasteiger partial charge in [-0.15, -0.1) is 0 Å². The first-order valence-electron chi connectivity index (χ1n) is 12.7. The van der Waals surface area contributed by atoms with Crippen molar-refractivity contribution in [1.29, 1.82) is 5.26 Å². The van der Waals surface area contributed by atoms with E-state index in [1.807, 2.05) is 30.3 Å². The maximum Gasteiger partial charge on any atom is 0.157 e. The molecule has 3 heterocycles. The Hall–Kier alpha value is -4.01. The van der Waals surface area contributed by atoms with Crippen molar-refractivity contribution >= 4 is 39.8 Å². The van der Waals surface area contributed by atoms with Gasteiger partial charge < -0.3 is 9.80 Å². The highest BCUT2D eigenvalue weighted by atomic mass is 35.5. The number of pyridine rings is 1. The molecule has 2 aromatic heterocycles. The van der Waals surface area contributed by atoms with Crippen molar-refractivity contribution in [1.82, 2.24) is 9.38 Å². The summed E-state index contributed by atoms with van der Waals surface area (Å²) in [4.78, 5) is 9.85. The number of rotatable bonds is 4. The zero-order valence-corrected chi connectivity index (χ0v) is 21.8. The fraction of sp³-hybridized carbons (Fsp3) is 0.226. The number of halogens is 1. The first kappa shape index (κ1) is 23.4. The van der Waals surface area contributed by atoms with Crippen molar-refractivity contribution in [2.24, 2.45) is 0 Å². The molecule has 0 atom stereocenters. The molecule has 0 saturated carbocycles. The van der Waals surface area contributed by atoms with Crippen LogP contribution in [0.1, 0.15) is 27.8 Å². The molecule has 3 aromatic carbocycles. The van der Waals surface area contributed by atoms with Crippen LogP contribution in [0.25, 0.3) is 16.7 Å². The van der Waals surface area contributed by atoms with E-state index in [2.05, 4.69) is 76.6 Å². The van der Waals surface area contributed by atoms with Crippen LogP contribution < -0.4 is 9.80 Å². The summed E-state index contributed by atoms with van der Waals surface area (Å²) < 4.78 is 2.22. The van der Waals surface area contributed by atoms with Gasteiger partial charge in [-0.3, -0.25) is 4.40 Å². The monoisotopic (exact) mass is 505 g/mol. The van der Waals surface area contributed by atoms with Gasteiger partial charge in [0.2, 0.25) is 0 Å². The van der Waals surface area contributed by atoms with Gasteiger partial charge in [0.15, 0.2) is 5.65 Å². The lowest BCUT2D eigenvalue weighted by molar-refractivity contribution is 0.643. The molecule has 0 bridgehead atoms. The Labute approximate surface area is 222 Å². The molecule has 0 aliphatic carbocycles. The molecular weight excluding hydrogens is 478 g/mol. The first-order valence-corrected chi connectivity index (χ1v) is 13.0. The Balaban J connectivity index is 1.49. The minimum Gasteiger partial charge on any atom is -0.368 e. The molecule has 5 nitrogen and oxygen atoms in total. The number of hydrogen-bond donors (Lipinski definition) is 0. The summed E-state index contributed by atoms with van der Waals surface area (Å²) >= 11 is 6.18. The van der Waals surface area contributed by atoms with E-state index in [0.29, 0.717) is 12.0 Å². The second-order valence-corrected chi connectivity index (χ2v) is 10.2. The van der Waals surface area contributed by atoms with Gasteiger partial charge in [0.1, 0.15) is 11.9 Å². The molecular formula is C31H28ClN5. The predicted molar refractivity (Wildman–Crippen MR) is 152 cm³/mol. The van der Waals surface area contributed by atoms with Crippen LogP contribution in [0.2, 0.25) is 5.02 Å². The minimum absolute atomic E-state index is 0.641. The van der Waals surface area contributed by atoms with E-state index in [9.17, 15) is 5.26 Å². The second kappa shape index (κ2) is 9.46. The lowest BCUT2D eigenvalue weighted by Crippen LogP contribution is -2.47. The number of para-hydroxylation sites is 2. The number of benzene rings is 3. The summed E-state index contributed by atoms with van der Waals surface area (Å²) in [5.41, 5.74) is 9.18. The van der Waals surface area contributed by atoms with Gasteiger partial charge in [-0.25, -0.2) is 4.98 Å². The zero-order valence-electron chi connectivity index (χ0n) is 21.1. The molecule has 5 aromatic rings. The number of aryl methyl sites for hydroxylation is 1. The van der Waals surface area contributed by atoms with Crippen molar-refractivity contribution in [2.45, 2.75) is 20.3 Å². The smallest absolute Gasteiger partial charge is 0.157 e. The van der Waals surface area contributed by atoms with Crippen molar-refractivity contribution in [2.75, 3.05) is 36.0 Å². The van der Waals surface area contributed by atoms with Crippen molar-refractivity contribution in [3.63, 3.8) is 0 Å². The van der Waals surface area contributed by atoms with Gasteiger partial charge in [-0.2, -0.15) is 5.26 Å². The van der Waals surface area contributed by atoms with Crippen LogP contribution in [-0.2, 0) is 6.42 Å². The molecule has 0 spiro atoms. The van der Waals surface area contributed by atoms with Gasteiger partial charge >= 0.3 is 0 Å². The third kappa shape index (κ3) is 4.18. The van der Waals surface area contributed by atoms with Crippen LogP contribution in [-0.4, -0.2) is 35.6 Å². The standard InChI is InChI=1S/C31H28ClN5/c1-21-7-13-25(14-8-21)35-15-17-36(18-16-35)31-26(19-23-9-11-24(32)12-10-23)22(2)27(20-33)30-34-28-5-3-4-6-29(28)37(30)31/h3-14H,15-19H2,1-2H3. The molecule has 1 saturated heterocycles. The van der Waals surface area contributed by atoms with E-state index >= 15 is 0 Å². The number of hydrogen-bond acceptors (Lipinski definition) is 4. The number of fused-ring (bicyclic) bond motifs is 3. The summed E-state index contributed by atoms with van der Waals surface area (Å²) in [7, 11) is 0. The molecule has 0 unspecified atom stereocenters. The summed E-state index contributed by atoms with van der Waals surface area (Å²) in [6.45, 7) is 7.81. The molecule has 1 fully saturated rings. The molecule has 1 aliphatic rings. The normalized spacial score (nSPS) is 13.9. The van der Waals surface area contributed by atoms with E-state index < -0.39 is 0 Å². The third-order valence-corrected chi connectivity index (χ3v) is 7.73. The Morgan fingerprint density at radius 3 is 2.24 bits per heavy atom. The van der Waals surface area contributed by atoms with Crippen molar-refractivity contribution < 1.29 is 0 Å². The van der Waals surface area contributed by atoms with Crippen LogP contribution in [0.4, 0.5) is 11.5 Å². The highest BCUT2D eigenvalue weighted by molar-refractivity contribution is 6.30. The Bertz CT molecular complexity index is 1640. The van der Waals surface area contributed by atoms with E-state index in [-0.39, 0.29) is 0 Å². The SMILES string of the molecule is Cc1ccc(N2CCN(c3c(Cc4ccc(Cl)cc4)c(C)c(C#N)c4nc5ccccc5n34)CC2)cc1. The fourth-order valence-electron chi connectivity index (χ4n) is 5.45. The minimum atomic E-state index is 0.641. The second-order valence-electron chi connectivity index (χ2n) is 9.79. The number of nitriles is 1. The van der Waals surface area contributed by atoms with Gasteiger partial charge in [0.05, 0.1) is 16.6 Å². The first-order chi connectivity index (χ1) is 18.0. The van der Waals surface area contributed by atoms with Crippen LogP contribution in [0.15, 0.2) is 72.8 Å². The average molecular weight is 506 g/mol. The van der Waals surface area contributed by atoms with Crippen LogP contribution in [0.5, 0.6) is 0 Å². The number of imidazole rings is 1. The van der Waals surface area contributed by atoms with E-state index in [1.165, 1.54) is 22.4 Å². The topological polar surface area (TPSA) is 47.6 Å². The van der Waals surface area contributed by atoms with Gasteiger partial charge in [-0.1, -0.05) is 53.6 Å². The Morgan fingerprint density at radius 2 is 1.54 bits per heavy atom. The highest BCUT2D eigenvalue weighted by Crippen LogP contribution is 2.35. The molecule has 6 heteroatoms. The lowest BCUT2D eigenvalue weighted by Gasteiger charge is -2.39. The number of piperazine rings is 1. The van der Waals surface area contributed by atoms with Gasteiger partial charge in [0.25, 0.3) is 0 Å². The van der Waals surface area contributed by atoms with E-state index in [1.54, 1.807) is 0 Å². The molecule has 37 heavy (non-hydrogen) atoms. The molecule has 184 valence electrons. The van der Waals surface area contributed by atoms with Crippen LogP contribution >= 0.6 is 11.6 Å². The Morgan fingerprint density at radius 1 is 0.865 bits per heavy atom. The highest BCUT2D eigenvalue weighted by Gasteiger charge is 2.27. The van der Waals surface area contributed by atoms with Gasteiger partial charge in [0, 0.05) is 48.9 Å². The molecule has 1 aliphatic heterocycles. The van der Waals surface area contributed by atoms with Crippen LogP contribution in [0, 0.1) is 25.2 Å². The largest absolute Gasteiger partial charge is 0.368 e. The average Bonchev–Trinajstić information content (AvgIpc) is 3.30. The maximum absolute atomic E-state index is 10.2. The predicted octanol–water partition coefficient (Wildman–Crippen LogP) is 6.55. The summed E-state index contributed by atoms with van der Waals surface area (Å²) in [5.74, 6) is 1.14. The van der Waals surface area contributed by atoms with Crippen LogP contribution in [0.3, 0.4) is 0 Å².